The van der Waals surface area contributed by atoms with E-state index in [4.69, 9.17) is 11.1 Å². The molecule has 0 saturated heterocycles. The molecule has 1 unspecified atom stereocenters. The molecule has 7 heteroatoms. The maximum absolute atomic E-state index is 13.5. The number of carboxylic acids is 1. The van der Waals surface area contributed by atoms with Crippen molar-refractivity contribution < 1.29 is 14.3 Å². The smallest absolute Gasteiger partial charge is 0.335 e. The van der Waals surface area contributed by atoms with Crippen LogP contribution in [0.5, 0.6) is 0 Å². The molecule has 0 bridgehead atoms. The summed E-state index contributed by atoms with van der Waals surface area (Å²) < 4.78 is 13.5. The average molecular weight is 404 g/mol. The summed E-state index contributed by atoms with van der Waals surface area (Å²) >= 11 is 0. The van der Waals surface area contributed by atoms with Gasteiger partial charge in [-0.2, -0.15) is 0 Å². The van der Waals surface area contributed by atoms with Gasteiger partial charge in [-0.25, -0.2) is 9.18 Å². The molecule has 0 saturated carbocycles. The summed E-state index contributed by atoms with van der Waals surface area (Å²) in [5.74, 6) is -1.28. The van der Waals surface area contributed by atoms with E-state index in [0.29, 0.717) is 17.8 Å². The van der Waals surface area contributed by atoms with Gasteiger partial charge >= 0.3 is 5.97 Å². The van der Waals surface area contributed by atoms with E-state index in [0.717, 1.165) is 22.7 Å². The van der Waals surface area contributed by atoms with Crippen molar-refractivity contribution in [3.05, 3.63) is 77.6 Å². The number of nitrogen functional groups attached to an aromatic ring is 1. The van der Waals surface area contributed by atoms with Gasteiger partial charge in [0.2, 0.25) is 0 Å². The van der Waals surface area contributed by atoms with Crippen LogP contribution < -0.4 is 15.5 Å². The summed E-state index contributed by atoms with van der Waals surface area (Å²) in [6, 6.07) is 16.7. The number of rotatable bonds is 4. The molecule has 3 aromatic rings. The fourth-order valence-corrected chi connectivity index (χ4v) is 3.85. The predicted octanol–water partition coefficient (Wildman–Crippen LogP) is 4.78. The Kier molecular flexibility index (Phi) is 4.87. The van der Waals surface area contributed by atoms with Gasteiger partial charge in [-0.05, 0) is 67.6 Å². The molecule has 0 aromatic heterocycles. The van der Waals surface area contributed by atoms with Gasteiger partial charge in [-0.15, -0.1) is 0 Å². The highest BCUT2D eigenvalue weighted by Gasteiger charge is 2.31. The number of nitrogens with two attached hydrogens (primary N) is 1. The molecule has 0 spiro atoms. The lowest BCUT2D eigenvalue weighted by Crippen LogP contribution is -2.43. The first-order valence-electron chi connectivity index (χ1n) is 9.48. The third-order valence-electron chi connectivity index (χ3n) is 5.30. The fraction of sp³-hybridized carbons (Fsp3) is 0.130. The van der Waals surface area contributed by atoms with Gasteiger partial charge in [0.1, 0.15) is 5.82 Å². The van der Waals surface area contributed by atoms with Crippen molar-refractivity contribution in [3.8, 4) is 0 Å². The van der Waals surface area contributed by atoms with Crippen LogP contribution in [0.2, 0.25) is 0 Å². The zero-order valence-corrected chi connectivity index (χ0v) is 16.3. The van der Waals surface area contributed by atoms with Crippen LogP contribution in [0.3, 0.4) is 0 Å². The first kappa shape index (κ1) is 19.4. The second kappa shape index (κ2) is 7.51. The zero-order valence-electron chi connectivity index (χ0n) is 16.3. The van der Waals surface area contributed by atoms with E-state index in [-0.39, 0.29) is 17.4 Å². The van der Waals surface area contributed by atoms with Crippen LogP contribution in [-0.4, -0.2) is 29.9 Å². The monoisotopic (exact) mass is 404 g/mol. The van der Waals surface area contributed by atoms with Gasteiger partial charge in [-0.1, -0.05) is 0 Å². The molecule has 4 rings (SSSR count). The van der Waals surface area contributed by atoms with Crippen LogP contribution in [0.25, 0.3) is 0 Å². The number of nitrogens with zero attached hydrogens (tertiary/aromatic N) is 2. The third kappa shape index (κ3) is 3.34. The largest absolute Gasteiger partial charge is 0.478 e. The second-order valence-electron chi connectivity index (χ2n) is 7.27. The molecule has 0 fully saturated rings. The quantitative estimate of drug-likeness (QED) is 0.430. The summed E-state index contributed by atoms with van der Waals surface area (Å²) in [4.78, 5) is 15.4. The van der Waals surface area contributed by atoms with Crippen LogP contribution in [0, 0.1) is 11.2 Å². The van der Waals surface area contributed by atoms with Gasteiger partial charge in [-0.3, -0.25) is 0 Å². The standard InChI is InChI=1S/C23H21FN4O2/c1-14-13-27(18-6-2-15(3-7-18)23(29)30)21-11-20(26)16(12-25)10-22(21)28(14)19-8-4-17(24)5-9-19/h2-12,14,25H,13,26H2,1H3,(H,29,30). The van der Waals surface area contributed by atoms with Gasteiger partial charge in [0.25, 0.3) is 0 Å². The summed E-state index contributed by atoms with van der Waals surface area (Å²) in [7, 11) is 0. The van der Waals surface area contributed by atoms with Gasteiger partial charge < -0.3 is 26.0 Å². The van der Waals surface area contributed by atoms with Crippen molar-refractivity contribution in [1.82, 2.24) is 0 Å². The van der Waals surface area contributed by atoms with E-state index in [2.05, 4.69) is 16.7 Å². The molecule has 0 aliphatic carbocycles. The lowest BCUT2D eigenvalue weighted by molar-refractivity contribution is 0.0697. The number of hydrogen-bond acceptors (Lipinski definition) is 5. The summed E-state index contributed by atoms with van der Waals surface area (Å²) in [5.41, 5.74) is 10.8. The topological polar surface area (TPSA) is 93.6 Å². The van der Waals surface area contributed by atoms with Crippen molar-refractivity contribution in [2.24, 2.45) is 0 Å². The molecule has 1 atom stereocenters. The molecule has 4 N–H and O–H groups in total. The molecule has 152 valence electrons. The number of aromatic carboxylic acids is 1. The van der Waals surface area contributed by atoms with E-state index in [1.165, 1.54) is 18.3 Å². The molecule has 30 heavy (non-hydrogen) atoms. The molecule has 1 heterocycles. The second-order valence-corrected chi connectivity index (χ2v) is 7.27. The number of carboxylic acid groups (broad SMARTS) is 1. The van der Waals surface area contributed by atoms with Crippen molar-refractivity contribution in [1.29, 1.82) is 5.41 Å². The predicted molar refractivity (Wildman–Crippen MR) is 117 cm³/mol. The number of hydrogen-bond donors (Lipinski definition) is 3. The first-order chi connectivity index (χ1) is 14.4. The lowest BCUT2D eigenvalue weighted by Gasteiger charge is -2.43. The van der Waals surface area contributed by atoms with Gasteiger partial charge in [0.15, 0.2) is 0 Å². The molecule has 3 aromatic carbocycles. The Hall–Kier alpha value is -3.87. The number of anilines is 5. The van der Waals surface area contributed by atoms with Crippen molar-refractivity contribution in [3.63, 3.8) is 0 Å². The van der Waals surface area contributed by atoms with E-state index in [1.54, 1.807) is 36.4 Å². The van der Waals surface area contributed by atoms with E-state index in [1.807, 2.05) is 12.1 Å². The molecular formula is C23H21FN4O2. The Morgan fingerprint density at radius 1 is 1.10 bits per heavy atom. The summed E-state index contributed by atoms with van der Waals surface area (Å²) in [5, 5.41) is 16.9. The highest BCUT2D eigenvalue weighted by atomic mass is 19.1. The number of benzene rings is 3. The maximum atomic E-state index is 13.5. The Balaban J connectivity index is 1.86. The van der Waals surface area contributed by atoms with E-state index >= 15 is 0 Å². The Bertz CT molecular complexity index is 1110. The fourth-order valence-electron chi connectivity index (χ4n) is 3.85. The lowest BCUT2D eigenvalue weighted by atomic mass is 10.0. The van der Waals surface area contributed by atoms with Crippen LogP contribution in [0.1, 0.15) is 22.8 Å². The minimum absolute atomic E-state index is 0.0179. The minimum Gasteiger partial charge on any atom is -0.478 e. The number of nitrogens with one attached hydrogen (secondary N) is 1. The number of fused-ring (bicyclic) bond motifs is 1. The van der Waals surface area contributed by atoms with E-state index < -0.39 is 5.97 Å². The third-order valence-corrected chi connectivity index (χ3v) is 5.30. The van der Waals surface area contributed by atoms with Crippen molar-refractivity contribution in [2.45, 2.75) is 13.0 Å². The highest BCUT2D eigenvalue weighted by molar-refractivity contribution is 5.95. The van der Waals surface area contributed by atoms with Crippen LogP contribution in [-0.2, 0) is 0 Å². The van der Waals surface area contributed by atoms with Crippen molar-refractivity contribution in [2.75, 3.05) is 22.1 Å². The maximum Gasteiger partial charge on any atom is 0.335 e. The van der Waals surface area contributed by atoms with Crippen LogP contribution in [0.15, 0.2) is 60.7 Å². The van der Waals surface area contributed by atoms with Gasteiger partial charge in [0, 0.05) is 41.4 Å². The van der Waals surface area contributed by atoms with Crippen LogP contribution in [0.4, 0.5) is 32.8 Å². The van der Waals surface area contributed by atoms with Crippen LogP contribution >= 0.6 is 0 Å². The van der Waals surface area contributed by atoms with E-state index in [9.17, 15) is 14.3 Å². The summed E-state index contributed by atoms with van der Waals surface area (Å²) in [6.45, 7) is 2.67. The molecule has 0 amide bonds. The van der Waals surface area contributed by atoms with Gasteiger partial charge in [0.05, 0.1) is 16.9 Å². The Morgan fingerprint density at radius 2 is 1.73 bits per heavy atom. The molecule has 1 aliphatic rings. The van der Waals surface area contributed by atoms with Crippen molar-refractivity contribution >= 4 is 40.6 Å². The minimum atomic E-state index is -0.976. The Morgan fingerprint density at radius 3 is 2.33 bits per heavy atom. The summed E-state index contributed by atoms with van der Waals surface area (Å²) in [6.07, 6.45) is 1.21. The highest BCUT2D eigenvalue weighted by Crippen LogP contribution is 2.45. The normalized spacial score (nSPS) is 15.6. The average Bonchev–Trinajstić information content (AvgIpc) is 2.74. The molecule has 1 aliphatic heterocycles. The number of halogens is 1. The first-order valence-corrected chi connectivity index (χ1v) is 9.48. The Labute approximate surface area is 173 Å². The number of carbonyl (C=O) groups is 1. The molecule has 0 radical (unpaired) electrons. The molecule has 6 nitrogen and oxygen atoms in total. The SMILES string of the molecule is CC1CN(c2ccc(C(=O)O)cc2)c2cc(N)c(C=N)cc2N1c1ccc(F)cc1. The molecular weight excluding hydrogens is 383 g/mol. The zero-order chi connectivity index (χ0) is 21.4.